The predicted molar refractivity (Wildman–Crippen MR) is 110 cm³/mol. The van der Waals surface area contributed by atoms with Crippen molar-refractivity contribution in [1.82, 2.24) is 14.8 Å². The summed E-state index contributed by atoms with van der Waals surface area (Å²) < 4.78 is 26.7. The molecule has 156 valence electrons. The Morgan fingerprint density at radius 3 is 2.45 bits per heavy atom. The molecule has 3 fully saturated rings. The third-order valence-corrected chi connectivity index (χ3v) is 6.60. The van der Waals surface area contributed by atoms with Gasteiger partial charge in [0, 0.05) is 67.7 Å². The second-order valence-corrected chi connectivity index (χ2v) is 8.82. The molecule has 2 aliphatic heterocycles. The number of aromatic amines is 1. The second-order valence-electron chi connectivity index (χ2n) is 8.82. The van der Waals surface area contributed by atoms with Crippen LogP contribution < -0.4 is 5.32 Å². The zero-order chi connectivity index (χ0) is 20.0. The lowest BCUT2D eigenvalue weighted by atomic mass is 10.0. The van der Waals surface area contributed by atoms with Crippen molar-refractivity contribution >= 4 is 22.5 Å². The molecule has 0 atom stereocenters. The van der Waals surface area contributed by atoms with Gasteiger partial charge in [0.05, 0.1) is 0 Å². The van der Waals surface area contributed by atoms with Crippen LogP contribution in [0.15, 0.2) is 24.3 Å². The highest BCUT2D eigenvalue weighted by Gasteiger charge is 2.36. The Labute approximate surface area is 169 Å². The molecule has 1 aromatic carbocycles. The highest BCUT2D eigenvalue weighted by Crippen LogP contribution is 2.31. The number of carbonyl (C=O) groups is 1. The number of halogens is 2. The van der Waals surface area contributed by atoms with Crippen molar-refractivity contribution in [3.8, 4) is 0 Å². The lowest BCUT2D eigenvalue weighted by molar-refractivity contribution is -0.0495. The normalized spacial score (nSPS) is 23.4. The van der Waals surface area contributed by atoms with Crippen LogP contribution in [0.4, 0.5) is 14.5 Å². The van der Waals surface area contributed by atoms with Gasteiger partial charge in [-0.15, -0.1) is 0 Å². The Hall–Kier alpha value is -2.15. The van der Waals surface area contributed by atoms with Gasteiger partial charge in [-0.1, -0.05) is 0 Å². The lowest BCUT2D eigenvalue weighted by Gasteiger charge is -2.32. The largest absolute Gasteiger partial charge is 0.382 e. The predicted octanol–water partition coefficient (Wildman–Crippen LogP) is 4.08. The molecule has 0 spiro atoms. The van der Waals surface area contributed by atoms with Crippen molar-refractivity contribution < 1.29 is 13.6 Å². The highest BCUT2D eigenvalue weighted by molar-refractivity contribution is 5.98. The van der Waals surface area contributed by atoms with Gasteiger partial charge in [-0.25, -0.2) is 8.78 Å². The van der Waals surface area contributed by atoms with Crippen molar-refractivity contribution in [2.45, 2.75) is 56.5 Å². The molecule has 5 rings (SSSR count). The summed E-state index contributed by atoms with van der Waals surface area (Å²) in [7, 11) is 0. The number of piperidine rings is 2. The number of aromatic nitrogens is 1. The summed E-state index contributed by atoms with van der Waals surface area (Å²) in [6.45, 7) is 2.55. The van der Waals surface area contributed by atoms with E-state index < -0.39 is 5.92 Å². The molecule has 1 aromatic heterocycles. The van der Waals surface area contributed by atoms with E-state index in [9.17, 15) is 13.6 Å². The smallest absolute Gasteiger partial charge is 0.270 e. The maximum Gasteiger partial charge on any atom is 0.270 e. The van der Waals surface area contributed by atoms with Gasteiger partial charge in [-0.2, -0.15) is 0 Å². The molecule has 7 heteroatoms. The first-order chi connectivity index (χ1) is 14.0. The van der Waals surface area contributed by atoms with Crippen LogP contribution in [0.5, 0.6) is 0 Å². The van der Waals surface area contributed by atoms with Gasteiger partial charge in [0.15, 0.2) is 0 Å². The number of hydrogen-bond donors (Lipinski definition) is 2. The Bertz CT molecular complexity index is 889. The molecule has 0 unspecified atom stereocenters. The molecular weight excluding hydrogens is 374 g/mol. The zero-order valence-corrected chi connectivity index (χ0v) is 16.6. The minimum absolute atomic E-state index is 0.105. The first kappa shape index (κ1) is 18.9. The average Bonchev–Trinajstić information content (AvgIpc) is 3.47. The van der Waals surface area contributed by atoms with Crippen LogP contribution in [-0.4, -0.2) is 64.9 Å². The third-order valence-electron chi connectivity index (χ3n) is 6.60. The maximum absolute atomic E-state index is 13.4. The van der Waals surface area contributed by atoms with Crippen LogP contribution >= 0.6 is 0 Å². The number of amides is 1. The van der Waals surface area contributed by atoms with Crippen molar-refractivity contribution in [3.63, 3.8) is 0 Å². The van der Waals surface area contributed by atoms with E-state index in [-0.39, 0.29) is 31.8 Å². The molecule has 5 nitrogen and oxygen atoms in total. The number of nitrogens with zero attached hydrogens (tertiary/aromatic N) is 2. The van der Waals surface area contributed by atoms with Gasteiger partial charge in [0.25, 0.3) is 11.8 Å². The van der Waals surface area contributed by atoms with Gasteiger partial charge < -0.3 is 20.1 Å². The van der Waals surface area contributed by atoms with Crippen LogP contribution in [0.3, 0.4) is 0 Å². The third kappa shape index (κ3) is 4.10. The molecular formula is C22H28F2N4O. The second kappa shape index (κ2) is 7.27. The number of likely N-dealkylation sites (tertiary alicyclic amines) is 2. The molecule has 29 heavy (non-hydrogen) atoms. The SMILES string of the molecule is O=C(c1cc2cc(NC3CCN(C4CC4)CC3)ccc2[nH]1)N1CCC(F)(F)CC1. The lowest BCUT2D eigenvalue weighted by Crippen LogP contribution is -2.42. The molecule has 0 radical (unpaired) electrons. The number of benzene rings is 1. The highest BCUT2D eigenvalue weighted by atomic mass is 19.3. The number of anilines is 1. The summed E-state index contributed by atoms with van der Waals surface area (Å²) in [6.07, 6.45) is 4.53. The summed E-state index contributed by atoms with van der Waals surface area (Å²) in [5, 5.41) is 4.61. The minimum atomic E-state index is -2.65. The van der Waals surface area contributed by atoms with E-state index in [1.165, 1.54) is 30.8 Å². The van der Waals surface area contributed by atoms with Crippen LogP contribution in [0, 0.1) is 0 Å². The van der Waals surface area contributed by atoms with E-state index in [1.54, 1.807) is 0 Å². The van der Waals surface area contributed by atoms with Gasteiger partial charge in [0.2, 0.25) is 0 Å². The fourth-order valence-electron chi connectivity index (χ4n) is 4.63. The fraction of sp³-hybridized carbons (Fsp3) is 0.591. The van der Waals surface area contributed by atoms with E-state index in [0.717, 1.165) is 35.5 Å². The minimum Gasteiger partial charge on any atom is -0.382 e. The Balaban J connectivity index is 1.23. The van der Waals surface area contributed by atoms with Crippen molar-refractivity contribution in [1.29, 1.82) is 0 Å². The average molecular weight is 402 g/mol. The van der Waals surface area contributed by atoms with E-state index in [1.807, 2.05) is 18.2 Å². The summed E-state index contributed by atoms with van der Waals surface area (Å²) in [4.78, 5) is 20.0. The molecule has 2 saturated heterocycles. The van der Waals surface area contributed by atoms with Gasteiger partial charge in [-0.3, -0.25) is 4.79 Å². The Morgan fingerprint density at radius 1 is 1.03 bits per heavy atom. The summed E-state index contributed by atoms with van der Waals surface area (Å²) in [6, 6.07) is 9.26. The summed E-state index contributed by atoms with van der Waals surface area (Å²) in [5.41, 5.74) is 2.43. The standard InChI is InChI=1S/C22H28F2N4O/c23-22(24)7-11-28(12-8-22)21(29)20-14-15-13-17(1-4-19(15)26-20)25-16-5-9-27(10-6-16)18-2-3-18/h1,4,13-14,16,18,25-26H,2-3,5-12H2. The first-order valence-electron chi connectivity index (χ1n) is 10.8. The van der Waals surface area contributed by atoms with E-state index in [0.29, 0.717) is 11.7 Å². The monoisotopic (exact) mass is 402 g/mol. The van der Waals surface area contributed by atoms with Crippen molar-refractivity contribution in [2.75, 3.05) is 31.5 Å². The number of H-pyrrole nitrogens is 1. The number of alkyl halides is 2. The topological polar surface area (TPSA) is 51.4 Å². The van der Waals surface area contributed by atoms with E-state index in [2.05, 4.69) is 21.3 Å². The molecule has 2 aromatic rings. The fourth-order valence-corrected chi connectivity index (χ4v) is 4.63. The summed E-state index contributed by atoms with van der Waals surface area (Å²) >= 11 is 0. The molecule has 1 amide bonds. The Morgan fingerprint density at radius 2 is 1.76 bits per heavy atom. The van der Waals surface area contributed by atoms with Gasteiger partial charge in [0.1, 0.15) is 5.69 Å². The van der Waals surface area contributed by atoms with Crippen LogP contribution in [0.1, 0.15) is 49.0 Å². The first-order valence-corrected chi connectivity index (χ1v) is 10.8. The van der Waals surface area contributed by atoms with Crippen LogP contribution in [0.2, 0.25) is 0 Å². The summed E-state index contributed by atoms with van der Waals surface area (Å²) in [5.74, 6) is -2.84. The van der Waals surface area contributed by atoms with Crippen LogP contribution in [0.25, 0.3) is 10.9 Å². The zero-order valence-electron chi connectivity index (χ0n) is 16.6. The maximum atomic E-state index is 13.4. The molecule has 2 N–H and O–H groups in total. The molecule has 1 aliphatic carbocycles. The molecule has 3 aliphatic rings. The molecule has 1 saturated carbocycles. The molecule has 3 heterocycles. The van der Waals surface area contributed by atoms with Gasteiger partial charge in [-0.05, 0) is 49.9 Å². The van der Waals surface area contributed by atoms with E-state index >= 15 is 0 Å². The van der Waals surface area contributed by atoms with E-state index in [4.69, 9.17) is 0 Å². The Kier molecular flexibility index (Phi) is 4.73. The number of carbonyl (C=O) groups excluding carboxylic acids is 1. The number of hydrogen-bond acceptors (Lipinski definition) is 3. The van der Waals surface area contributed by atoms with Crippen molar-refractivity contribution in [3.05, 3.63) is 30.0 Å². The number of fused-ring (bicyclic) bond motifs is 1. The number of rotatable bonds is 4. The molecule has 0 bridgehead atoms. The van der Waals surface area contributed by atoms with Crippen LogP contribution in [-0.2, 0) is 0 Å². The quantitative estimate of drug-likeness (QED) is 0.810. The number of nitrogens with one attached hydrogen (secondary N) is 2. The van der Waals surface area contributed by atoms with Crippen molar-refractivity contribution in [2.24, 2.45) is 0 Å². The van der Waals surface area contributed by atoms with Gasteiger partial charge >= 0.3 is 0 Å².